The molecule has 2 aliphatic rings. The molecule has 4 heteroatoms. The Balaban J connectivity index is 2.12. The van der Waals surface area contributed by atoms with Gasteiger partial charge in [-0.05, 0) is 25.7 Å². The van der Waals surface area contributed by atoms with Crippen molar-refractivity contribution in [2.24, 2.45) is 5.41 Å². The Labute approximate surface area is 95.6 Å². The van der Waals surface area contributed by atoms with Gasteiger partial charge in [0.05, 0.1) is 0 Å². The summed E-state index contributed by atoms with van der Waals surface area (Å²) in [5.41, 5.74) is -0.294. The maximum atomic E-state index is 12.3. The van der Waals surface area contributed by atoms with E-state index in [0.717, 1.165) is 32.1 Å². The third-order valence-electron chi connectivity index (χ3n) is 4.02. The summed E-state index contributed by atoms with van der Waals surface area (Å²) in [5.74, 6) is -0.789. The van der Waals surface area contributed by atoms with Crippen LogP contribution in [0.25, 0.3) is 0 Å². The monoisotopic (exact) mass is 225 g/mol. The van der Waals surface area contributed by atoms with Gasteiger partial charge in [-0.25, -0.2) is 4.79 Å². The number of aliphatic carboxylic acids is 1. The molecular formula is C12H19NO3. The lowest BCUT2D eigenvalue weighted by atomic mass is 9.87. The van der Waals surface area contributed by atoms with E-state index in [1.54, 1.807) is 4.90 Å². The molecule has 0 aromatic heterocycles. The summed E-state index contributed by atoms with van der Waals surface area (Å²) in [7, 11) is 0. The molecule has 1 atom stereocenters. The predicted octanol–water partition coefficient (Wildman–Crippen LogP) is 1.64. The molecule has 1 N–H and O–H groups in total. The average Bonchev–Trinajstić information content (AvgIpc) is 2.85. The molecule has 1 saturated heterocycles. The minimum Gasteiger partial charge on any atom is -0.480 e. The summed E-state index contributed by atoms with van der Waals surface area (Å²) in [5, 5.41) is 9.07. The fourth-order valence-corrected chi connectivity index (χ4v) is 2.98. The molecule has 0 aromatic carbocycles. The first kappa shape index (κ1) is 11.4. The summed E-state index contributed by atoms with van der Waals surface area (Å²) in [4.78, 5) is 25.0. The molecule has 2 fully saturated rings. The molecule has 0 aromatic rings. The highest BCUT2D eigenvalue weighted by Crippen LogP contribution is 2.40. The van der Waals surface area contributed by atoms with Crippen molar-refractivity contribution < 1.29 is 14.7 Å². The zero-order valence-corrected chi connectivity index (χ0v) is 9.74. The Bertz CT molecular complexity index is 307. The summed E-state index contributed by atoms with van der Waals surface area (Å²) in [6.07, 6.45) is 5.43. The van der Waals surface area contributed by atoms with Gasteiger partial charge < -0.3 is 10.0 Å². The zero-order chi connectivity index (χ0) is 11.8. The van der Waals surface area contributed by atoms with Gasteiger partial charge in [-0.3, -0.25) is 4.79 Å². The molecular weight excluding hydrogens is 206 g/mol. The fourth-order valence-electron chi connectivity index (χ4n) is 2.98. The minimum atomic E-state index is -0.854. The second-order valence-electron chi connectivity index (χ2n) is 5.26. The number of carboxylic acid groups (broad SMARTS) is 1. The van der Waals surface area contributed by atoms with E-state index in [4.69, 9.17) is 5.11 Å². The molecule has 16 heavy (non-hydrogen) atoms. The van der Waals surface area contributed by atoms with Crippen molar-refractivity contribution in [1.29, 1.82) is 0 Å². The number of rotatable bonds is 2. The Morgan fingerprint density at radius 1 is 1.25 bits per heavy atom. The van der Waals surface area contributed by atoms with Crippen LogP contribution in [0.2, 0.25) is 0 Å². The number of likely N-dealkylation sites (tertiary alicyclic amines) is 1. The Morgan fingerprint density at radius 2 is 1.88 bits per heavy atom. The molecule has 0 radical (unpaired) electrons. The molecule has 0 bridgehead atoms. The summed E-state index contributed by atoms with van der Waals surface area (Å²) >= 11 is 0. The summed E-state index contributed by atoms with van der Waals surface area (Å²) in [6, 6.07) is -0.579. The first-order valence-electron chi connectivity index (χ1n) is 6.08. The molecule has 1 aliphatic carbocycles. The van der Waals surface area contributed by atoms with Crippen LogP contribution in [0.4, 0.5) is 0 Å². The van der Waals surface area contributed by atoms with Crippen LogP contribution in [0.3, 0.4) is 0 Å². The van der Waals surface area contributed by atoms with Crippen molar-refractivity contribution in [3.63, 3.8) is 0 Å². The maximum absolute atomic E-state index is 12.3. The van der Waals surface area contributed by atoms with Gasteiger partial charge in [0.15, 0.2) is 0 Å². The molecule has 4 nitrogen and oxygen atoms in total. The average molecular weight is 225 g/mol. The maximum Gasteiger partial charge on any atom is 0.326 e. The van der Waals surface area contributed by atoms with Gasteiger partial charge in [-0.2, -0.15) is 0 Å². The SMILES string of the molecule is CC1(C(=O)N2CCC[C@H]2C(=O)O)CCCC1. The Hall–Kier alpha value is -1.06. The van der Waals surface area contributed by atoms with E-state index in [1.165, 1.54) is 0 Å². The largest absolute Gasteiger partial charge is 0.480 e. The topological polar surface area (TPSA) is 57.6 Å². The predicted molar refractivity (Wildman–Crippen MR) is 58.9 cm³/mol. The van der Waals surface area contributed by atoms with Crippen LogP contribution in [-0.2, 0) is 9.59 Å². The second kappa shape index (κ2) is 4.07. The molecule has 1 heterocycles. The third kappa shape index (κ3) is 1.81. The first-order chi connectivity index (χ1) is 7.54. The van der Waals surface area contributed by atoms with Gasteiger partial charge in [-0.15, -0.1) is 0 Å². The van der Waals surface area contributed by atoms with Crippen molar-refractivity contribution in [3.05, 3.63) is 0 Å². The van der Waals surface area contributed by atoms with Crippen molar-refractivity contribution in [1.82, 2.24) is 4.90 Å². The lowest BCUT2D eigenvalue weighted by Crippen LogP contribution is -2.46. The molecule has 1 amide bonds. The number of hydrogen-bond donors (Lipinski definition) is 1. The van der Waals surface area contributed by atoms with Crippen LogP contribution in [0.15, 0.2) is 0 Å². The van der Waals surface area contributed by atoms with E-state index in [1.807, 2.05) is 6.92 Å². The number of carboxylic acids is 1. The smallest absolute Gasteiger partial charge is 0.326 e. The lowest BCUT2D eigenvalue weighted by Gasteiger charge is -2.31. The fraction of sp³-hybridized carbons (Fsp3) is 0.833. The first-order valence-corrected chi connectivity index (χ1v) is 6.08. The normalized spacial score (nSPS) is 28.3. The van der Waals surface area contributed by atoms with Crippen LogP contribution in [0.5, 0.6) is 0 Å². The standard InChI is InChI=1S/C12H19NO3/c1-12(6-2-3-7-12)11(16)13-8-4-5-9(13)10(14)15/h9H,2-8H2,1H3,(H,14,15)/t9-/m0/s1. The highest BCUT2D eigenvalue weighted by molar-refractivity contribution is 5.88. The van der Waals surface area contributed by atoms with E-state index >= 15 is 0 Å². The van der Waals surface area contributed by atoms with Gasteiger partial charge in [0.1, 0.15) is 6.04 Å². The van der Waals surface area contributed by atoms with Gasteiger partial charge in [0, 0.05) is 12.0 Å². The summed E-state index contributed by atoms with van der Waals surface area (Å²) in [6.45, 7) is 2.60. The number of carbonyl (C=O) groups is 2. The van der Waals surface area contributed by atoms with Crippen molar-refractivity contribution in [2.75, 3.05) is 6.54 Å². The van der Waals surface area contributed by atoms with Crippen LogP contribution in [0.1, 0.15) is 45.4 Å². The lowest BCUT2D eigenvalue weighted by molar-refractivity contribution is -0.152. The molecule has 1 aliphatic heterocycles. The highest BCUT2D eigenvalue weighted by atomic mass is 16.4. The second-order valence-corrected chi connectivity index (χ2v) is 5.26. The Morgan fingerprint density at radius 3 is 2.44 bits per heavy atom. The Kier molecular flexibility index (Phi) is 2.91. The minimum absolute atomic E-state index is 0.0647. The van der Waals surface area contributed by atoms with Gasteiger partial charge in [-0.1, -0.05) is 19.8 Å². The van der Waals surface area contributed by atoms with E-state index in [2.05, 4.69) is 0 Å². The van der Waals surface area contributed by atoms with Gasteiger partial charge in [0.25, 0.3) is 0 Å². The molecule has 0 spiro atoms. The number of carbonyl (C=O) groups excluding carboxylic acids is 1. The number of nitrogens with zero attached hydrogens (tertiary/aromatic N) is 1. The van der Waals surface area contributed by atoms with E-state index in [0.29, 0.717) is 13.0 Å². The van der Waals surface area contributed by atoms with Crippen LogP contribution in [0, 0.1) is 5.41 Å². The van der Waals surface area contributed by atoms with Crippen molar-refractivity contribution >= 4 is 11.9 Å². The van der Waals surface area contributed by atoms with E-state index < -0.39 is 12.0 Å². The number of amides is 1. The van der Waals surface area contributed by atoms with Gasteiger partial charge in [0.2, 0.25) is 5.91 Å². The van der Waals surface area contributed by atoms with Gasteiger partial charge >= 0.3 is 5.97 Å². The quantitative estimate of drug-likeness (QED) is 0.777. The molecule has 2 rings (SSSR count). The molecule has 1 saturated carbocycles. The zero-order valence-electron chi connectivity index (χ0n) is 9.74. The molecule has 0 unspecified atom stereocenters. The highest BCUT2D eigenvalue weighted by Gasteiger charge is 2.44. The molecule has 90 valence electrons. The number of hydrogen-bond acceptors (Lipinski definition) is 2. The summed E-state index contributed by atoms with van der Waals surface area (Å²) < 4.78 is 0. The third-order valence-corrected chi connectivity index (χ3v) is 4.02. The van der Waals surface area contributed by atoms with E-state index in [9.17, 15) is 9.59 Å². The van der Waals surface area contributed by atoms with Crippen LogP contribution >= 0.6 is 0 Å². The van der Waals surface area contributed by atoms with Crippen LogP contribution in [-0.4, -0.2) is 34.5 Å². The van der Waals surface area contributed by atoms with Crippen LogP contribution < -0.4 is 0 Å². The van der Waals surface area contributed by atoms with Crippen molar-refractivity contribution in [3.8, 4) is 0 Å². The van der Waals surface area contributed by atoms with Crippen molar-refractivity contribution in [2.45, 2.75) is 51.5 Å². The van der Waals surface area contributed by atoms with E-state index in [-0.39, 0.29) is 11.3 Å².